The minimum atomic E-state index is -1.28. The van der Waals surface area contributed by atoms with Gasteiger partial charge in [-0.2, -0.15) is 4.98 Å². The molecule has 4 rings (SSSR count). The van der Waals surface area contributed by atoms with Gasteiger partial charge in [0.1, 0.15) is 5.82 Å². The first-order valence-electron chi connectivity index (χ1n) is 10.1. The fourth-order valence-electron chi connectivity index (χ4n) is 3.70. The second kappa shape index (κ2) is 8.98. The van der Waals surface area contributed by atoms with Crippen LogP contribution in [0, 0.1) is 0 Å². The highest BCUT2D eigenvalue weighted by Crippen LogP contribution is 2.34. The number of nitrogens with two attached hydrogens (primary N) is 2. The number of carboxylic acids is 1. The van der Waals surface area contributed by atoms with Crippen LogP contribution in [0.5, 0.6) is 11.5 Å². The first-order valence-corrected chi connectivity index (χ1v) is 10.5. The summed E-state index contributed by atoms with van der Waals surface area (Å²) in [5, 5.41) is 12.9. The number of hydrogen-bond donors (Lipinski definition) is 4. The maximum absolute atomic E-state index is 11.1. The number of anilines is 4. The highest BCUT2D eigenvalue weighted by atomic mass is 35.5. The summed E-state index contributed by atoms with van der Waals surface area (Å²) in [5.74, 6) is 0.768. The van der Waals surface area contributed by atoms with E-state index in [9.17, 15) is 4.79 Å². The molecule has 0 spiro atoms. The Kier molecular flexibility index (Phi) is 6.09. The van der Waals surface area contributed by atoms with Gasteiger partial charge in [0.05, 0.1) is 19.7 Å². The Morgan fingerprint density at radius 3 is 2.39 bits per heavy atom. The van der Waals surface area contributed by atoms with Gasteiger partial charge in [-0.25, -0.2) is 19.7 Å². The first-order chi connectivity index (χ1) is 15.8. The number of hydrogen-bond acceptors (Lipinski definition) is 11. The molecule has 3 heterocycles. The molecule has 0 bridgehead atoms. The van der Waals surface area contributed by atoms with Crippen molar-refractivity contribution in [2.45, 2.75) is 18.9 Å². The van der Waals surface area contributed by atoms with Crippen molar-refractivity contribution < 1.29 is 19.4 Å². The maximum Gasteiger partial charge on any atom is 0.358 e. The number of aromatic nitrogens is 4. The molecule has 1 aromatic carbocycles. The van der Waals surface area contributed by atoms with Gasteiger partial charge in [-0.15, -0.1) is 0 Å². The number of methoxy groups -OCH3 is 2. The van der Waals surface area contributed by atoms with Gasteiger partial charge < -0.3 is 36.3 Å². The molecule has 1 aliphatic rings. The third kappa shape index (κ3) is 4.42. The Morgan fingerprint density at radius 2 is 1.76 bits per heavy atom. The number of benzene rings is 1. The molecule has 0 unspecified atom stereocenters. The van der Waals surface area contributed by atoms with Crippen LogP contribution in [-0.4, -0.2) is 64.4 Å². The van der Waals surface area contributed by atoms with Crippen molar-refractivity contribution in [2.24, 2.45) is 0 Å². The lowest BCUT2D eigenvalue weighted by Crippen LogP contribution is -2.40. The summed E-state index contributed by atoms with van der Waals surface area (Å²) < 4.78 is 10.7. The van der Waals surface area contributed by atoms with E-state index < -0.39 is 5.97 Å². The van der Waals surface area contributed by atoms with Crippen molar-refractivity contribution in [1.82, 2.24) is 19.9 Å². The Balaban J connectivity index is 1.49. The topological polar surface area (TPSA) is 175 Å². The third-order valence-corrected chi connectivity index (χ3v) is 5.68. The van der Waals surface area contributed by atoms with Crippen molar-refractivity contribution in [3.63, 3.8) is 0 Å². The van der Waals surface area contributed by atoms with E-state index in [0.717, 1.165) is 12.8 Å². The van der Waals surface area contributed by atoms with Crippen LogP contribution in [0.4, 0.5) is 23.4 Å². The number of carbonyl (C=O) groups is 1. The molecule has 13 heteroatoms. The van der Waals surface area contributed by atoms with Crippen LogP contribution in [0.2, 0.25) is 5.15 Å². The van der Waals surface area contributed by atoms with Gasteiger partial charge in [0.25, 0.3) is 0 Å². The number of carboxylic acid groups (broad SMARTS) is 1. The molecule has 0 atom stereocenters. The number of halogens is 1. The smallest absolute Gasteiger partial charge is 0.358 e. The van der Waals surface area contributed by atoms with Crippen LogP contribution >= 0.6 is 11.6 Å². The lowest BCUT2D eigenvalue weighted by molar-refractivity contribution is 0.0691. The summed E-state index contributed by atoms with van der Waals surface area (Å²) >= 11 is 6.09. The van der Waals surface area contributed by atoms with Crippen molar-refractivity contribution in [3.05, 3.63) is 23.0 Å². The maximum atomic E-state index is 11.1. The van der Waals surface area contributed by atoms with Gasteiger partial charge in [-0.1, -0.05) is 11.6 Å². The number of piperidine rings is 1. The first kappa shape index (κ1) is 22.4. The highest BCUT2D eigenvalue weighted by molar-refractivity contribution is 6.32. The number of aromatic carboxylic acids is 1. The minimum Gasteiger partial charge on any atom is -0.493 e. The molecule has 12 nitrogen and oxygen atoms in total. The summed E-state index contributed by atoms with van der Waals surface area (Å²) in [6, 6.07) is 3.57. The minimum absolute atomic E-state index is 0.0327. The molecule has 0 amide bonds. The van der Waals surface area contributed by atoms with Gasteiger partial charge in [0.15, 0.2) is 34.0 Å². The second-order valence-corrected chi connectivity index (χ2v) is 7.80. The number of nitrogen functional groups attached to an aromatic ring is 2. The number of nitrogens with one attached hydrogen (secondary N) is 1. The van der Waals surface area contributed by atoms with Crippen LogP contribution in [0.1, 0.15) is 23.3 Å². The largest absolute Gasteiger partial charge is 0.493 e. The van der Waals surface area contributed by atoms with Crippen LogP contribution in [-0.2, 0) is 0 Å². The normalized spacial score (nSPS) is 14.3. The van der Waals surface area contributed by atoms with Crippen molar-refractivity contribution in [3.8, 4) is 11.5 Å². The number of fused-ring (bicyclic) bond motifs is 1. The number of rotatable bonds is 6. The molecule has 1 aliphatic heterocycles. The van der Waals surface area contributed by atoms with Gasteiger partial charge >= 0.3 is 5.97 Å². The van der Waals surface area contributed by atoms with E-state index in [1.807, 2.05) is 4.90 Å². The standard InChI is InChI=1S/C20H23ClN8O4/c1-32-12-7-10-11(8-13(12)33-2)25-20(28-16(10)22)29-5-3-9(4-6-29)24-18-15(21)26-14(19(30)31)17(23)27-18/h7-9H,3-6H2,1-2H3,(H,30,31)(H2,22,25,28)(H3,23,24,27). The van der Waals surface area contributed by atoms with Gasteiger partial charge in [-0.3, -0.25) is 0 Å². The molecule has 0 aliphatic carbocycles. The Labute approximate surface area is 193 Å². The zero-order valence-corrected chi connectivity index (χ0v) is 18.8. The zero-order valence-electron chi connectivity index (χ0n) is 18.0. The van der Waals surface area contributed by atoms with E-state index in [2.05, 4.69) is 25.3 Å². The van der Waals surface area contributed by atoms with Crippen molar-refractivity contribution in [1.29, 1.82) is 0 Å². The molecule has 1 fully saturated rings. The molecule has 174 valence electrons. The molecule has 3 aromatic rings. The molecule has 0 radical (unpaired) electrons. The molecule has 6 N–H and O–H groups in total. The predicted molar refractivity (Wildman–Crippen MR) is 124 cm³/mol. The van der Waals surface area contributed by atoms with E-state index in [0.29, 0.717) is 47.3 Å². The average Bonchev–Trinajstić information content (AvgIpc) is 2.80. The summed E-state index contributed by atoms with van der Waals surface area (Å²) in [6.07, 6.45) is 1.46. The molecule has 33 heavy (non-hydrogen) atoms. The van der Waals surface area contributed by atoms with E-state index >= 15 is 0 Å². The predicted octanol–water partition coefficient (Wildman–Crippen LogP) is 2.03. The van der Waals surface area contributed by atoms with Gasteiger partial charge in [0, 0.05) is 30.6 Å². The molecule has 1 saturated heterocycles. The Hall–Kier alpha value is -3.80. The van der Waals surface area contributed by atoms with Gasteiger partial charge in [0.2, 0.25) is 5.95 Å². The summed E-state index contributed by atoms with van der Waals surface area (Å²) in [7, 11) is 3.12. The lowest BCUT2D eigenvalue weighted by atomic mass is 10.1. The lowest BCUT2D eigenvalue weighted by Gasteiger charge is -2.33. The molecular formula is C20H23ClN8O4. The summed E-state index contributed by atoms with van der Waals surface area (Å²) in [5.41, 5.74) is 12.2. The van der Waals surface area contributed by atoms with Crippen LogP contribution in [0.25, 0.3) is 10.9 Å². The van der Waals surface area contributed by atoms with E-state index in [1.54, 1.807) is 26.4 Å². The zero-order chi connectivity index (χ0) is 23.7. The number of nitrogens with zero attached hydrogens (tertiary/aromatic N) is 5. The second-order valence-electron chi connectivity index (χ2n) is 7.44. The van der Waals surface area contributed by atoms with Crippen LogP contribution < -0.4 is 31.2 Å². The van der Waals surface area contributed by atoms with Crippen molar-refractivity contribution in [2.75, 3.05) is 49.0 Å². The summed E-state index contributed by atoms with van der Waals surface area (Å²) in [4.78, 5) is 30.2. The number of ether oxygens (including phenoxy) is 2. The van der Waals surface area contributed by atoms with Crippen LogP contribution in [0.3, 0.4) is 0 Å². The van der Waals surface area contributed by atoms with E-state index in [1.165, 1.54) is 0 Å². The van der Waals surface area contributed by atoms with E-state index in [4.69, 9.17) is 37.6 Å². The Morgan fingerprint density at radius 1 is 1.09 bits per heavy atom. The fourth-order valence-corrected chi connectivity index (χ4v) is 3.88. The molecular weight excluding hydrogens is 452 g/mol. The third-order valence-electron chi connectivity index (χ3n) is 5.42. The quantitative estimate of drug-likeness (QED) is 0.409. The molecule has 0 saturated carbocycles. The van der Waals surface area contributed by atoms with Crippen LogP contribution in [0.15, 0.2) is 12.1 Å². The van der Waals surface area contributed by atoms with E-state index in [-0.39, 0.29) is 28.5 Å². The summed E-state index contributed by atoms with van der Waals surface area (Å²) in [6.45, 7) is 1.31. The monoisotopic (exact) mass is 474 g/mol. The Bertz CT molecular complexity index is 1220. The van der Waals surface area contributed by atoms with Gasteiger partial charge in [-0.05, 0) is 18.9 Å². The average molecular weight is 475 g/mol. The van der Waals surface area contributed by atoms with Crippen molar-refractivity contribution >= 4 is 51.9 Å². The fraction of sp³-hybridized carbons (Fsp3) is 0.350. The SMILES string of the molecule is COc1cc2nc(N3CCC(Nc4nc(N)c(C(=O)O)nc4Cl)CC3)nc(N)c2cc1OC. The highest BCUT2D eigenvalue weighted by Gasteiger charge is 2.24. The molecule has 2 aromatic heterocycles.